The lowest BCUT2D eigenvalue weighted by atomic mass is 9.94. The topological polar surface area (TPSA) is 117 Å². The van der Waals surface area contributed by atoms with Gasteiger partial charge in [0.25, 0.3) is 5.91 Å². The van der Waals surface area contributed by atoms with Gasteiger partial charge in [0.15, 0.2) is 6.10 Å². The van der Waals surface area contributed by atoms with Crippen molar-refractivity contribution >= 4 is 17.9 Å². The molecule has 1 aromatic carbocycles. The Morgan fingerprint density at radius 3 is 2.68 bits per heavy atom. The molecule has 1 heterocycles. The van der Waals surface area contributed by atoms with Crippen LogP contribution in [0.5, 0.6) is 0 Å². The third-order valence-corrected chi connectivity index (χ3v) is 4.11. The number of likely N-dealkylation sites (N-methyl/N-ethyl adjacent to an activating group) is 1. The SMILES string of the molecule is CNC(=O)C(O)[C@H](C[C@@H]1CCNC1=O)NC(=O)OCc1ccccc1. The molecule has 1 saturated heterocycles. The van der Waals surface area contributed by atoms with E-state index < -0.39 is 24.1 Å². The normalized spacial score (nSPS) is 18.8. The number of aliphatic hydroxyl groups is 1. The van der Waals surface area contributed by atoms with Gasteiger partial charge in [-0.05, 0) is 18.4 Å². The number of alkyl carbamates (subject to hydrolysis) is 1. The number of nitrogens with one attached hydrogen (secondary N) is 3. The predicted octanol–water partition coefficient (Wildman–Crippen LogP) is -0.0855. The van der Waals surface area contributed by atoms with Crippen LogP contribution in [-0.2, 0) is 20.9 Å². The number of carbonyl (C=O) groups excluding carboxylic acids is 3. The summed E-state index contributed by atoms with van der Waals surface area (Å²) in [6.07, 6.45) is -1.48. The summed E-state index contributed by atoms with van der Waals surface area (Å²) < 4.78 is 5.12. The molecule has 1 aromatic rings. The highest BCUT2D eigenvalue weighted by molar-refractivity contribution is 5.83. The van der Waals surface area contributed by atoms with Gasteiger partial charge >= 0.3 is 6.09 Å². The number of ether oxygens (including phenoxy) is 1. The zero-order valence-electron chi connectivity index (χ0n) is 14.0. The first-order valence-electron chi connectivity index (χ1n) is 8.16. The van der Waals surface area contributed by atoms with Gasteiger partial charge in [0, 0.05) is 19.5 Å². The molecule has 0 aromatic heterocycles. The van der Waals surface area contributed by atoms with Crippen molar-refractivity contribution in [3.63, 3.8) is 0 Å². The molecule has 0 spiro atoms. The van der Waals surface area contributed by atoms with E-state index in [1.807, 2.05) is 30.3 Å². The first-order valence-corrected chi connectivity index (χ1v) is 8.16. The van der Waals surface area contributed by atoms with Crippen LogP contribution >= 0.6 is 0 Å². The lowest BCUT2D eigenvalue weighted by Crippen LogP contribution is -2.51. The van der Waals surface area contributed by atoms with Gasteiger partial charge in [-0.2, -0.15) is 0 Å². The van der Waals surface area contributed by atoms with Crippen molar-refractivity contribution in [1.29, 1.82) is 0 Å². The fraction of sp³-hybridized carbons (Fsp3) is 0.471. The zero-order chi connectivity index (χ0) is 18.2. The van der Waals surface area contributed by atoms with Crippen LogP contribution in [0.4, 0.5) is 4.79 Å². The fourth-order valence-corrected chi connectivity index (χ4v) is 2.69. The molecule has 1 aliphatic rings. The largest absolute Gasteiger partial charge is 0.445 e. The maximum atomic E-state index is 12.0. The van der Waals surface area contributed by atoms with E-state index in [1.54, 1.807) is 0 Å². The van der Waals surface area contributed by atoms with E-state index in [2.05, 4.69) is 16.0 Å². The Balaban J connectivity index is 1.95. The molecule has 25 heavy (non-hydrogen) atoms. The number of benzene rings is 1. The average Bonchev–Trinajstić information content (AvgIpc) is 3.03. The summed E-state index contributed by atoms with van der Waals surface area (Å²) in [4.78, 5) is 35.5. The van der Waals surface area contributed by atoms with E-state index in [9.17, 15) is 19.5 Å². The van der Waals surface area contributed by atoms with Crippen LogP contribution in [-0.4, -0.2) is 48.8 Å². The monoisotopic (exact) mass is 349 g/mol. The molecule has 8 nitrogen and oxygen atoms in total. The molecule has 0 radical (unpaired) electrons. The maximum absolute atomic E-state index is 12.0. The summed E-state index contributed by atoms with van der Waals surface area (Å²) in [5, 5.41) is 17.7. The highest BCUT2D eigenvalue weighted by Gasteiger charge is 2.34. The van der Waals surface area contributed by atoms with Crippen molar-refractivity contribution in [3.8, 4) is 0 Å². The fourth-order valence-electron chi connectivity index (χ4n) is 2.69. The van der Waals surface area contributed by atoms with Gasteiger partial charge in [0.2, 0.25) is 5.91 Å². The molecule has 2 rings (SSSR count). The molecule has 4 N–H and O–H groups in total. The second-order valence-corrected chi connectivity index (χ2v) is 5.88. The van der Waals surface area contributed by atoms with E-state index in [1.165, 1.54) is 7.05 Å². The molecular weight excluding hydrogens is 326 g/mol. The molecule has 3 amide bonds. The van der Waals surface area contributed by atoms with Crippen molar-refractivity contribution < 1.29 is 24.2 Å². The van der Waals surface area contributed by atoms with Crippen molar-refractivity contribution in [1.82, 2.24) is 16.0 Å². The third-order valence-electron chi connectivity index (χ3n) is 4.11. The van der Waals surface area contributed by atoms with Gasteiger partial charge in [-0.1, -0.05) is 30.3 Å². The summed E-state index contributed by atoms with van der Waals surface area (Å²) in [7, 11) is 1.39. The maximum Gasteiger partial charge on any atom is 0.407 e. The molecule has 0 aliphatic carbocycles. The van der Waals surface area contributed by atoms with Gasteiger partial charge < -0.3 is 25.8 Å². The van der Waals surface area contributed by atoms with Crippen LogP contribution in [0.25, 0.3) is 0 Å². The van der Waals surface area contributed by atoms with Crippen LogP contribution in [0, 0.1) is 5.92 Å². The molecular formula is C17H23N3O5. The van der Waals surface area contributed by atoms with E-state index in [0.29, 0.717) is 13.0 Å². The van der Waals surface area contributed by atoms with Crippen molar-refractivity contribution in [2.24, 2.45) is 5.92 Å². The van der Waals surface area contributed by atoms with Crippen molar-refractivity contribution in [2.45, 2.75) is 31.6 Å². The summed E-state index contributed by atoms with van der Waals surface area (Å²) in [6.45, 7) is 0.615. The Morgan fingerprint density at radius 2 is 2.08 bits per heavy atom. The van der Waals surface area contributed by atoms with Gasteiger partial charge in [-0.15, -0.1) is 0 Å². The molecule has 0 bridgehead atoms. The summed E-state index contributed by atoms with van der Waals surface area (Å²) in [6, 6.07) is 8.21. The zero-order valence-corrected chi connectivity index (χ0v) is 14.0. The van der Waals surface area contributed by atoms with Crippen molar-refractivity contribution in [2.75, 3.05) is 13.6 Å². The minimum absolute atomic E-state index is 0.0688. The van der Waals surface area contributed by atoms with Crippen LogP contribution in [0.3, 0.4) is 0 Å². The minimum atomic E-state index is -1.47. The van der Waals surface area contributed by atoms with E-state index >= 15 is 0 Å². The second-order valence-electron chi connectivity index (χ2n) is 5.88. The third kappa shape index (κ3) is 5.46. The Labute approximate surface area is 145 Å². The quantitative estimate of drug-likeness (QED) is 0.549. The lowest BCUT2D eigenvalue weighted by Gasteiger charge is -2.24. The number of rotatable bonds is 7. The van der Waals surface area contributed by atoms with Crippen LogP contribution in [0.1, 0.15) is 18.4 Å². The number of aliphatic hydroxyl groups excluding tert-OH is 1. The molecule has 1 unspecified atom stereocenters. The van der Waals surface area contributed by atoms with E-state index in [0.717, 1.165) is 5.56 Å². The molecule has 1 fully saturated rings. The number of carbonyl (C=O) groups is 3. The van der Waals surface area contributed by atoms with Crippen LogP contribution in [0.2, 0.25) is 0 Å². The average molecular weight is 349 g/mol. The molecule has 3 atom stereocenters. The minimum Gasteiger partial charge on any atom is -0.445 e. The van der Waals surface area contributed by atoms with Gasteiger partial charge in [-0.3, -0.25) is 9.59 Å². The summed E-state index contributed by atoms with van der Waals surface area (Å²) in [5.41, 5.74) is 0.816. The van der Waals surface area contributed by atoms with Gasteiger partial charge in [-0.25, -0.2) is 4.79 Å². The smallest absolute Gasteiger partial charge is 0.407 e. The Hall–Kier alpha value is -2.61. The molecule has 1 aliphatic heterocycles. The number of hydrogen-bond acceptors (Lipinski definition) is 5. The highest BCUT2D eigenvalue weighted by atomic mass is 16.5. The first-order chi connectivity index (χ1) is 12.0. The Bertz CT molecular complexity index is 608. The van der Waals surface area contributed by atoms with Crippen LogP contribution < -0.4 is 16.0 Å². The standard InChI is InChI=1S/C17H23N3O5/c1-18-16(23)14(21)13(9-12-7-8-19-15(12)22)20-17(24)25-10-11-5-3-2-4-6-11/h2-6,12-14,21H,7-10H2,1H3,(H,18,23)(H,19,22)(H,20,24)/t12-,13-,14?/m0/s1. The summed E-state index contributed by atoms with van der Waals surface area (Å²) >= 11 is 0. The second kappa shape index (κ2) is 9.03. The Morgan fingerprint density at radius 1 is 1.36 bits per heavy atom. The van der Waals surface area contributed by atoms with Crippen LogP contribution in [0.15, 0.2) is 30.3 Å². The summed E-state index contributed by atoms with van der Waals surface area (Å²) in [5.74, 6) is -1.14. The molecule has 0 saturated carbocycles. The lowest BCUT2D eigenvalue weighted by molar-refractivity contribution is -0.131. The highest BCUT2D eigenvalue weighted by Crippen LogP contribution is 2.18. The molecule has 136 valence electrons. The number of hydrogen-bond donors (Lipinski definition) is 4. The predicted molar refractivity (Wildman–Crippen MR) is 89.4 cm³/mol. The number of amides is 3. The van der Waals surface area contributed by atoms with Crippen molar-refractivity contribution in [3.05, 3.63) is 35.9 Å². The first kappa shape index (κ1) is 18.7. The Kier molecular flexibility index (Phi) is 6.76. The van der Waals surface area contributed by atoms with E-state index in [4.69, 9.17) is 4.74 Å². The van der Waals surface area contributed by atoms with Gasteiger partial charge in [0.05, 0.1) is 6.04 Å². The molecule has 8 heteroatoms. The van der Waals surface area contributed by atoms with E-state index in [-0.39, 0.29) is 24.9 Å². The van der Waals surface area contributed by atoms with Gasteiger partial charge in [0.1, 0.15) is 6.61 Å².